The molecule has 7 heteroatoms. The molecule has 1 aliphatic carbocycles. The minimum absolute atomic E-state index is 0.384. The lowest BCUT2D eigenvalue weighted by molar-refractivity contribution is 0.0723. The third-order valence-corrected chi connectivity index (χ3v) is 5.78. The summed E-state index contributed by atoms with van der Waals surface area (Å²) in [6.45, 7) is 3.03. The highest BCUT2D eigenvalue weighted by Gasteiger charge is 2.28. The molecule has 1 heterocycles. The van der Waals surface area contributed by atoms with Gasteiger partial charge in [0, 0.05) is 19.6 Å². The zero-order valence-electron chi connectivity index (χ0n) is 11.4. The van der Waals surface area contributed by atoms with Crippen LogP contribution in [-0.2, 0) is 14.9 Å². The van der Waals surface area contributed by atoms with E-state index >= 15 is 0 Å². The molecule has 1 saturated heterocycles. The normalized spacial score (nSPS) is 30.4. The molecule has 0 aromatic rings. The fourth-order valence-electron chi connectivity index (χ4n) is 2.95. The van der Waals surface area contributed by atoms with Crippen LogP contribution in [0, 0.1) is 11.8 Å². The number of nitrogens with zero attached hydrogens (tertiary/aromatic N) is 1. The van der Waals surface area contributed by atoms with E-state index in [-0.39, 0.29) is 0 Å². The second-order valence-corrected chi connectivity index (χ2v) is 7.16. The summed E-state index contributed by atoms with van der Waals surface area (Å²) in [5, 5.41) is 0. The maximum Gasteiger partial charge on any atom is 0.279 e. The monoisotopic (exact) mass is 291 g/mol. The number of nitrogens with one attached hydrogen (secondary N) is 1. The number of hydrogen-bond acceptors (Lipinski definition) is 4. The summed E-state index contributed by atoms with van der Waals surface area (Å²) >= 11 is 0. The Morgan fingerprint density at radius 1 is 1.16 bits per heavy atom. The average Bonchev–Trinajstić information content (AvgIpc) is 2.46. The second-order valence-electron chi connectivity index (χ2n) is 5.41. The molecule has 0 aromatic carbocycles. The van der Waals surface area contributed by atoms with Crippen molar-refractivity contribution in [3.8, 4) is 0 Å². The molecule has 0 amide bonds. The van der Waals surface area contributed by atoms with E-state index < -0.39 is 10.2 Å². The number of hydrogen-bond donors (Lipinski definition) is 2. The Balaban J connectivity index is 1.85. The van der Waals surface area contributed by atoms with Crippen molar-refractivity contribution in [2.45, 2.75) is 25.7 Å². The maximum atomic E-state index is 12.2. The Morgan fingerprint density at radius 3 is 2.42 bits per heavy atom. The van der Waals surface area contributed by atoms with Gasteiger partial charge in [-0.25, -0.2) is 4.72 Å². The molecule has 0 radical (unpaired) electrons. The highest BCUT2D eigenvalue weighted by atomic mass is 32.2. The Hall–Kier alpha value is -0.210. The molecule has 2 atom stereocenters. The Kier molecular flexibility index (Phi) is 5.58. The molecular weight excluding hydrogens is 266 g/mol. The van der Waals surface area contributed by atoms with Gasteiger partial charge in [-0.2, -0.15) is 12.7 Å². The first-order valence-electron chi connectivity index (χ1n) is 7.16. The fourth-order valence-corrected chi connectivity index (χ4v) is 4.19. The van der Waals surface area contributed by atoms with E-state index in [2.05, 4.69) is 4.72 Å². The molecule has 0 aromatic heterocycles. The van der Waals surface area contributed by atoms with Crippen molar-refractivity contribution >= 4 is 10.2 Å². The van der Waals surface area contributed by atoms with Gasteiger partial charge in [0.1, 0.15) is 0 Å². The third-order valence-electron chi connectivity index (χ3n) is 4.21. The van der Waals surface area contributed by atoms with Crippen molar-refractivity contribution in [1.82, 2.24) is 9.03 Å². The van der Waals surface area contributed by atoms with Crippen molar-refractivity contribution < 1.29 is 13.2 Å². The number of nitrogens with two attached hydrogens (primary N) is 1. The van der Waals surface area contributed by atoms with Crippen molar-refractivity contribution in [2.75, 3.05) is 39.4 Å². The average molecular weight is 291 g/mol. The molecule has 1 saturated carbocycles. The number of morpholine rings is 1. The molecule has 0 bridgehead atoms. The van der Waals surface area contributed by atoms with Crippen LogP contribution < -0.4 is 10.5 Å². The smallest absolute Gasteiger partial charge is 0.279 e. The van der Waals surface area contributed by atoms with Crippen LogP contribution in [0.25, 0.3) is 0 Å². The summed E-state index contributed by atoms with van der Waals surface area (Å²) in [7, 11) is -3.35. The first kappa shape index (κ1) is 15.2. The molecule has 3 N–H and O–H groups in total. The number of rotatable bonds is 5. The van der Waals surface area contributed by atoms with E-state index in [1.807, 2.05) is 0 Å². The second kappa shape index (κ2) is 6.99. The van der Waals surface area contributed by atoms with Crippen LogP contribution in [0.1, 0.15) is 25.7 Å². The standard InChI is InChI=1S/C12H25N3O3S/c13-9-11-3-1-2-4-12(11)10-14-19(16,17)15-5-7-18-8-6-15/h11-12,14H,1-10,13H2. The van der Waals surface area contributed by atoms with E-state index in [9.17, 15) is 8.42 Å². The van der Waals surface area contributed by atoms with Crippen molar-refractivity contribution in [2.24, 2.45) is 17.6 Å². The minimum atomic E-state index is -3.35. The van der Waals surface area contributed by atoms with E-state index in [0.29, 0.717) is 51.2 Å². The van der Waals surface area contributed by atoms with Crippen LogP contribution in [0.4, 0.5) is 0 Å². The zero-order chi connectivity index (χ0) is 13.7. The van der Waals surface area contributed by atoms with Crippen molar-refractivity contribution in [3.05, 3.63) is 0 Å². The summed E-state index contributed by atoms with van der Waals surface area (Å²) < 4.78 is 33.7. The van der Waals surface area contributed by atoms with Crippen LogP contribution >= 0.6 is 0 Å². The summed E-state index contributed by atoms with van der Waals surface area (Å²) in [5.41, 5.74) is 5.77. The molecule has 112 valence electrons. The van der Waals surface area contributed by atoms with Gasteiger partial charge in [-0.05, 0) is 31.2 Å². The van der Waals surface area contributed by atoms with Crippen LogP contribution in [0.3, 0.4) is 0 Å². The van der Waals surface area contributed by atoms with Gasteiger partial charge in [-0.15, -0.1) is 0 Å². The molecule has 1 aliphatic heterocycles. The zero-order valence-corrected chi connectivity index (χ0v) is 12.2. The van der Waals surface area contributed by atoms with Gasteiger partial charge in [-0.3, -0.25) is 0 Å². The van der Waals surface area contributed by atoms with E-state index in [4.69, 9.17) is 10.5 Å². The molecule has 0 spiro atoms. The third kappa shape index (κ3) is 4.13. The van der Waals surface area contributed by atoms with Gasteiger partial charge < -0.3 is 10.5 Å². The Bertz CT molecular complexity index is 368. The van der Waals surface area contributed by atoms with Crippen LogP contribution in [0.15, 0.2) is 0 Å². The highest BCUT2D eigenvalue weighted by Crippen LogP contribution is 2.28. The van der Waals surface area contributed by atoms with Crippen molar-refractivity contribution in [3.63, 3.8) is 0 Å². The lowest BCUT2D eigenvalue weighted by atomic mass is 9.79. The van der Waals surface area contributed by atoms with Gasteiger partial charge >= 0.3 is 0 Å². The molecule has 2 rings (SSSR count). The predicted molar refractivity (Wildman–Crippen MR) is 73.8 cm³/mol. The van der Waals surface area contributed by atoms with Gasteiger partial charge in [-0.1, -0.05) is 12.8 Å². The molecular formula is C12H25N3O3S. The van der Waals surface area contributed by atoms with Crippen LogP contribution in [0.5, 0.6) is 0 Å². The lowest BCUT2D eigenvalue weighted by Crippen LogP contribution is -2.48. The molecule has 6 nitrogen and oxygen atoms in total. The summed E-state index contributed by atoms with van der Waals surface area (Å²) in [6, 6.07) is 0. The highest BCUT2D eigenvalue weighted by molar-refractivity contribution is 7.87. The Morgan fingerprint density at radius 2 is 1.79 bits per heavy atom. The minimum Gasteiger partial charge on any atom is -0.379 e. The van der Waals surface area contributed by atoms with Crippen LogP contribution in [-0.4, -0.2) is 52.1 Å². The van der Waals surface area contributed by atoms with Crippen LogP contribution in [0.2, 0.25) is 0 Å². The first-order chi connectivity index (χ1) is 9.13. The van der Waals surface area contributed by atoms with Gasteiger partial charge in [0.05, 0.1) is 13.2 Å². The quantitative estimate of drug-likeness (QED) is 0.742. The van der Waals surface area contributed by atoms with E-state index in [1.165, 1.54) is 17.1 Å². The summed E-state index contributed by atoms with van der Waals surface area (Å²) in [4.78, 5) is 0. The Labute approximate surface area is 115 Å². The lowest BCUT2D eigenvalue weighted by Gasteiger charge is -2.32. The van der Waals surface area contributed by atoms with Crippen molar-refractivity contribution in [1.29, 1.82) is 0 Å². The molecule has 2 fully saturated rings. The van der Waals surface area contributed by atoms with E-state index in [1.54, 1.807) is 0 Å². The molecule has 2 aliphatic rings. The first-order valence-corrected chi connectivity index (χ1v) is 8.60. The largest absolute Gasteiger partial charge is 0.379 e. The SMILES string of the molecule is NCC1CCCCC1CNS(=O)(=O)N1CCOCC1. The summed E-state index contributed by atoms with van der Waals surface area (Å²) in [5.74, 6) is 0.843. The van der Waals surface area contributed by atoms with Gasteiger partial charge in [0.25, 0.3) is 10.2 Å². The predicted octanol–water partition coefficient (Wildman–Crippen LogP) is -0.0819. The number of ether oxygens (including phenoxy) is 1. The van der Waals surface area contributed by atoms with Gasteiger partial charge in [0.15, 0.2) is 0 Å². The maximum absolute atomic E-state index is 12.2. The summed E-state index contributed by atoms with van der Waals surface area (Å²) in [6.07, 6.45) is 4.60. The van der Waals surface area contributed by atoms with E-state index in [0.717, 1.165) is 12.8 Å². The molecule has 2 unspecified atom stereocenters. The molecule has 19 heavy (non-hydrogen) atoms. The fraction of sp³-hybridized carbons (Fsp3) is 1.00. The van der Waals surface area contributed by atoms with Gasteiger partial charge in [0.2, 0.25) is 0 Å². The topological polar surface area (TPSA) is 84.7 Å².